The predicted octanol–water partition coefficient (Wildman–Crippen LogP) is 3.34. The second-order valence-electron chi connectivity index (χ2n) is 7.52. The van der Waals surface area contributed by atoms with Gasteiger partial charge in [0.2, 0.25) is 5.91 Å². The lowest BCUT2D eigenvalue weighted by molar-refractivity contribution is -0.119. The number of aromatic amines is 1. The van der Waals surface area contributed by atoms with E-state index in [1.165, 1.54) is 0 Å². The average molecular weight is 428 g/mol. The molecular formula is C25H25N5O2. The van der Waals surface area contributed by atoms with Crippen LogP contribution >= 0.6 is 0 Å². The van der Waals surface area contributed by atoms with Crippen molar-refractivity contribution in [3.05, 3.63) is 84.7 Å². The third kappa shape index (κ3) is 4.62. The molecule has 2 amide bonds. The van der Waals surface area contributed by atoms with E-state index in [0.717, 1.165) is 27.8 Å². The van der Waals surface area contributed by atoms with E-state index in [1.54, 1.807) is 24.5 Å². The van der Waals surface area contributed by atoms with Gasteiger partial charge in [0.1, 0.15) is 6.04 Å². The number of primary amides is 1. The summed E-state index contributed by atoms with van der Waals surface area (Å²) in [6.45, 7) is 2.96. The van der Waals surface area contributed by atoms with Crippen molar-refractivity contribution in [2.24, 2.45) is 5.73 Å². The van der Waals surface area contributed by atoms with Crippen LogP contribution in [0.4, 0.5) is 5.69 Å². The molecule has 162 valence electrons. The van der Waals surface area contributed by atoms with Crippen molar-refractivity contribution in [2.45, 2.75) is 13.0 Å². The van der Waals surface area contributed by atoms with Crippen LogP contribution in [0.5, 0.6) is 0 Å². The molecule has 1 atom stereocenters. The molecule has 7 nitrogen and oxygen atoms in total. The van der Waals surface area contributed by atoms with Gasteiger partial charge in [-0.2, -0.15) is 0 Å². The van der Waals surface area contributed by atoms with Gasteiger partial charge in [0.05, 0.1) is 0 Å². The molecular weight excluding hydrogens is 402 g/mol. The maximum Gasteiger partial charge on any atom is 0.252 e. The lowest BCUT2D eigenvalue weighted by atomic mass is 10.1. The Labute approximate surface area is 186 Å². The fraction of sp³-hybridized carbons (Fsp3) is 0.160. The first-order valence-corrected chi connectivity index (χ1v) is 10.5. The number of nitrogens with two attached hydrogens (primary N) is 1. The molecule has 2 heterocycles. The van der Waals surface area contributed by atoms with E-state index in [9.17, 15) is 9.59 Å². The minimum Gasteiger partial charge on any atom is -0.369 e. The smallest absolute Gasteiger partial charge is 0.252 e. The lowest BCUT2D eigenvalue weighted by Gasteiger charge is -2.27. The largest absolute Gasteiger partial charge is 0.369 e. The summed E-state index contributed by atoms with van der Waals surface area (Å²) >= 11 is 0. The van der Waals surface area contributed by atoms with E-state index in [-0.39, 0.29) is 5.91 Å². The Kier molecular flexibility index (Phi) is 6.17. The van der Waals surface area contributed by atoms with Crippen molar-refractivity contribution in [2.75, 3.05) is 18.0 Å². The molecule has 2 aromatic heterocycles. The van der Waals surface area contributed by atoms with Crippen LogP contribution in [0, 0.1) is 0 Å². The summed E-state index contributed by atoms with van der Waals surface area (Å²) in [7, 11) is 0. The molecule has 4 aromatic rings. The Balaban J connectivity index is 1.52. The van der Waals surface area contributed by atoms with Crippen molar-refractivity contribution < 1.29 is 9.59 Å². The molecule has 7 heteroatoms. The molecule has 2 aromatic carbocycles. The molecule has 0 radical (unpaired) electrons. The van der Waals surface area contributed by atoms with Crippen LogP contribution in [-0.2, 0) is 4.79 Å². The Morgan fingerprint density at radius 1 is 1.06 bits per heavy atom. The maximum absolute atomic E-state index is 12.9. The SMILES string of the molecule is CCN(CC(NC(=O)c1ccc2[nH]c(-c3ccncc3)cc2c1)C(N)=O)c1ccccc1. The molecule has 1 unspecified atom stereocenters. The summed E-state index contributed by atoms with van der Waals surface area (Å²) in [5.74, 6) is -0.915. The molecule has 0 saturated carbocycles. The van der Waals surface area contributed by atoms with E-state index < -0.39 is 11.9 Å². The second kappa shape index (κ2) is 9.34. The number of para-hydroxylation sites is 1. The number of pyridine rings is 1. The van der Waals surface area contributed by atoms with E-state index in [1.807, 2.05) is 66.4 Å². The molecule has 0 fully saturated rings. The molecule has 0 aliphatic rings. The minimum absolute atomic E-state index is 0.292. The summed E-state index contributed by atoms with van der Waals surface area (Å²) in [4.78, 5) is 34.4. The van der Waals surface area contributed by atoms with Crippen LogP contribution in [-0.4, -0.2) is 40.9 Å². The number of anilines is 1. The van der Waals surface area contributed by atoms with Crippen molar-refractivity contribution in [3.63, 3.8) is 0 Å². The Morgan fingerprint density at radius 2 is 1.81 bits per heavy atom. The zero-order valence-electron chi connectivity index (χ0n) is 17.8. The maximum atomic E-state index is 12.9. The van der Waals surface area contributed by atoms with Crippen LogP contribution in [0.3, 0.4) is 0 Å². The number of carbonyl (C=O) groups excluding carboxylic acids is 2. The monoisotopic (exact) mass is 427 g/mol. The number of benzene rings is 2. The molecule has 4 N–H and O–H groups in total. The molecule has 0 aliphatic carbocycles. The highest BCUT2D eigenvalue weighted by Gasteiger charge is 2.22. The number of nitrogens with one attached hydrogen (secondary N) is 2. The molecule has 4 rings (SSSR count). The number of nitrogens with zero attached hydrogens (tertiary/aromatic N) is 2. The highest BCUT2D eigenvalue weighted by Crippen LogP contribution is 2.24. The van der Waals surface area contributed by atoms with Gasteiger partial charge in [-0.05, 0) is 55.5 Å². The van der Waals surface area contributed by atoms with E-state index in [4.69, 9.17) is 5.73 Å². The lowest BCUT2D eigenvalue weighted by Crippen LogP contribution is -2.51. The zero-order chi connectivity index (χ0) is 22.5. The molecule has 0 bridgehead atoms. The van der Waals surface area contributed by atoms with Crippen molar-refractivity contribution >= 4 is 28.4 Å². The van der Waals surface area contributed by atoms with Gasteiger partial charge in [-0.25, -0.2) is 0 Å². The van der Waals surface area contributed by atoms with Crippen LogP contribution in [0.2, 0.25) is 0 Å². The number of hydrogen-bond acceptors (Lipinski definition) is 4. The number of amides is 2. The summed E-state index contributed by atoms with van der Waals surface area (Å²) in [6.07, 6.45) is 3.47. The topological polar surface area (TPSA) is 104 Å². The number of hydrogen-bond donors (Lipinski definition) is 3. The van der Waals surface area contributed by atoms with Gasteiger partial charge in [0, 0.05) is 58.9 Å². The summed E-state index contributed by atoms with van der Waals surface area (Å²) in [6, 6.07) is 20.1. The average Bonchev–Trinajstić information content (AvgIpc) is 3.26. The highest BCUT2D eigenvalue weighted by atomic mass is 16.2. The number of rotatable bonds is 8. The van der Waals surface area contributed by atoms with E-state index in [0.29, 0.717) is 18.7 Å². The van der Waals surface area contributed by atoms with E-state index >= 15 is 0 Å². The zero-order valence-corrected chi connectivity index (χ0v) is 17.8. The van der Waals surface area contributed by atoms with Gasteiger partial charge in [0.15, 0.2) is 0 Å². The Morgan fingerprint density at radius 3 is 2.50 bits per heavy atom. The quantitative estimate of drug-likeness (QED) is 0.401. The summed E-state index contributed by atoms with van der Waals surface area (Å²) in [5.41, 5.74) is 9.91. The molecule has 0 spiro atoms. The number of H-pyrrole nitrogens is 1. The first kappa shape index (κ1) is 21.1. The predicted molar refractivity (Wildman–Crippen MR) is 126 cm³/mol. The first-order chi connectivity index (χ1) is 15.5. The third-order valence-electron chi connectivity index (χ3n) is 5.43. The summed E-state index contributed by atoms with van der Waals surface area (Å²) in [5, 5.41) is 3.70. The van der Waals surface area contributed by atoms with Crippen molar-refractivity contribution in [1.82, 2.24) is 15.3 Å². The normalized spacial score (nSPS) is 11.8. The van der Waals surface area contributed by atoms with Gasteiger partial charge in [0.25, 0.3) is 5.91 Å². The minimum atomic E-state index is -0.822. The van der Waals surface area contributed by atoms with Gasteiger partial charge in [-0.3, -0.25) is 14.6 Å². The standard InChI is InChI=1S/C25H25N5O2/c1-2-30(20-6-4-3-5-7-20)16-23(24(26)31)29-25(32)18-8-9-21-19(14-18)15-22(28-21)17-10-12-27-13-11-17/h3-15,23,28H,2,16H2,1H3,(H2,26,31)(H,29,32). The Bertz CT molecular complexity index is 1220. The molecule has 0 saturated heterocycles. The van der Waals surface area contributed by atoms with E-state index in [2.05, 4.69) is 15.3 Å². The van der Waals surface area contributed by atoms with Crippen molar-refractivity contribution in [3.8, 4) is 11.3 Å². The number of aromatic nitrogens is 2. The third-order valence-corrected chi connectivity index (χ3v) is 5.43. The number of likely N-dealkylation sites (N-methyl/N-ethyl adjacent to an activating group) is 1. The Hall–Kier alpha value is -4.13. The second-order valence-corrected chi connectivity index (χ2v) is 7.52. The number of carbonyl (C=O) groups is 2. The van der Waals surface area contributed by atoms with Crippen LogP contribution in [0.15, 0.2) is 79.1 Å². The summed E-state index contributed by atoms with van der Waals surface area (Å²) < 4.78 is 0. The van der Waals surface area contributed by atoms with Gasteiger partial charge in [-0.1, -0.05) is 18.2 Å². The van der Waals surface area contributed by atoms with Gasteiger partial charge >= 0.3 is 0 Å². The number of fused-ring (bicyclic) bond motifs is 1. The van der Waals surface area contributed by atoms with Gasteiger partial charge in [-0.15, -0.1) is 0 Å². The first-order valence-electron chi connectivity index (χ1n) is 10.5. The van der Waals surface area contributed by atoms with Crippen molar-refractivity contribution in [1.29, 1.82) is 0 Å². The fourth-order valence-corrected chi connectivity index (χ4v) is 3.69. The van der Waals surface area contributed by atoms with Crippen LogP contribution in [0.25, 0.3) is 22.2 Å². The van der Waals surface area contributed by atoms with Crippen LogP contribution in [0.1, 0.15) is 17.3 Å². The molecule has 32 heavy (non-hydrogen) atoms. The van der Waals surface area contributed by atoms with Crippen LogP contribution < -0.4 is 16.0 Å². The fourth-order valence-electron chi connectivity index (χ4n) is 3.69. The highest BCUT2D eigenvalue weighted by molar-refractivity contribution is 6.01. The van der Waals surface area contributed by atoms with Gasteiger partial charge < -0.3 is 20.9 Å². The molecule has 0 aliphatic heterocycles.